The van der Waals surface area contributed by atoms with Crippen LogP contribution in [-0.4, -0.2) is 44.7 Å². The van der Waals surface area contributed by atoms with Crippen LogP contribution >= 0.6 is 0 Å². The van der Waals surface area contributed by atoms with Gasteiger partial charge in [-0.3, -0.25) is 4.79 Å². The quantitative estimate of drug-likeness (QED) is 0.792. The number of aryl methyl sites for hydroxylation is 1. The molecule has 0 N–H and O–H groups in total. The van der Waals surface area contributed by atoms with Crippen molar-refractivity contribution in [3.63, 3.8) is 0 Å². The van der Waals surface area contributed by atoms with E-state index < -0.39 is 11.9 Å². The van der Waals surface area contributed by atoms with Crippen LogP contribution in [0, 0.1) is 0 Å². The van der Waals surface area contributed by atoms with E-state index in [1.807, 2.05) is 9.80 Å². The molecule has 2 aliphatic rings. The van der Waals surface area contributed by atoms with Gasteiger partial charge in [0.25, 0.3) is 5.56 Å². The molecule has 7 nitrogen and oxygen atoms in total. The van der Waals surface area contributed by atoms with Gasteiger partial charge in [0.2, 0.25) is 0 Å². The van der Waals surface area contributed by atoms with Crippen LogP contribution in [0.1, 0.15) is 31.4 Å². The monoisotopic (exact) mass is 394 g/mol. The molecule has 2 aromatic rings. The van der Waals surface area contributed by atoms with Gasteiger partial charge < -0.3 is 14.4 Å². The van der Waals surface area contributed by atoms with Crippen molar-refractivity contribution >= 4 is 11.6 Å². The van der Waals surface area contributed by atoms with Gasteiger partial charge in [-0.25, -0.2) is 15.0 Å². The molecule has 1 saturated carbocycles. The molecular formula is C18H21F3N6O. The third-order valence-electron chi connectivity index (χ3n) is 5.29. The SMILES string of the molecule is Cn1cnc(N2CCC(N(c3cc(C(F)(F)F)ncn3)C3CC3)CC2)cc1=O. The lowest BCUT2D eigenvalue weighted by Crippen LogP contribution is -2.47. The second kappa shape index (κ2) is 7.06. The van der Waals surface area contributed by atoms with E-state index in [9.17, 15) is 18.0 Å². The predicted molar refractivity (Wildman–Crippen MR) is 97.2 cm³/mol. The zero-order valence-corrected chi connectivity index (χ0v) is 15.4. The van der Waals surface area contributed by atoms with Crippen molar-refractivity contribution in [1.29, 1.82) is 0 Å². The molecule has 0 amide bonds. The Morgan fingerprint density at radius 1 is 1.04 bits per heavy atom. The van der Waals surface area contributed by atoms with Crippen molar-refractivity contribution in [2.24, 2.45) is 7.05 Å². The number of hydrogen-bond acceptors (Lipinski definition) is 6. The molecule has 0 aromatic carbocycles. The van der Waals surface area contributed by atoms with Gasteiger partial charge in [-0.2, -0.15) is 13.2 Å². The molecule has 1 aliphatic heterocycles. The van der Waals surface area contributed by atoms with Crippen molar-refractivity contribution in [3.8, 4) is 0 Å². The first-order valence-corrected chi connectivity index (χ1v) is 9.28. The molecule has 28 heavy (non-hydrogen) atoms. The maximum Gasteiger partial charge on any atom is 0.433 e. The maximum atomic E-state index is 13.0. The highest BCUT2D eigenvalue weighted by molar-refractivity contribution is 5.45. The average molecular weight is 394 g/mol. The van der Waals surface area contributed by atoms with Crippen molar-refractivity contribution in [2.45, 2.75) is 43.9 Å². The van der Waals surface area contributed by atoms with E-state index >= 15 is 0 Å². The minimum Gasteiger partial charge on any atom is -0.356 e. The summed E-state index contributed by atoms with van der Waals surface area (Å²) in [6.45, 7) is 1.37. The van der Waals surface area contributed by atoms with Crippen LogP contribution in [0.5, 0.6) is 0 Å². The van der Waals surface area contributed by atoms with E-state index in [4.69, 9.17) is 0 Å². The molecule has 4 rings (SSSR count). The number of anilines is 2. The number of aromatic nitrogens is 4. The first-order valence-electron chi connectivity index (χ1n) is 9.28. The number of halogens is 3. The fraction of sp³-hybridized carbons (Fsp3) is 0.556. The molecule has 1 saturated heterocycles. The zero-order chi connectivity index (χ0) is 19.9. The number of piperidine rings is 1. The largest absolute Gasteiger partial charge is 0.433 e. The van der Waals surface area contributed by atoms with Gasteiger partial charge in [-0.1, -0.05) is 0 Å². The fourth-order valence-corrected chi connectivity index (χ4v) is 3.67. The Morgan fingerprint density at radius 2 is 1.71 bits per heavy atom. The van der Waals surface area contributed by atoms with E-state index in [-0.39, 0.29) is 17.6 Å². The van der Waals surface area contributed by atoms with Crippen molar-refractivity contribution in [1.82, 2.24) is 19.5 Å². The lowest BCUT2D eigenvalue weighted by atomic mass is 10.0. The number of nitrogens with zero attached hydrogens (tertiary/aromatic N) is 6. The molecule has 150 valence electrons. The highest BCUT2D eigenvalue weighted by atomic mass is 19.4. The Morgan fingerprint density at radius 3 is 2.32 bits per heavy atom. The van der Waals surface area contributed by atoms with Crippen LogP contribution in [0.3, 0.4) is 0 Å². The fourth-order valence-electron chi connectivity index (χ4n) is 3.67. The standard InChI is InChI=1S/C18H21F3N6O/c1-25-11-24-15(9-17(25)28)26-6-4-13(5-7-26)27(12-2-3-12)16-8-14(18(19,20)21)22-10-23-16/h8-13H,2-7H2,1H3. The third kappa shape index (κ3) is 3.81. The molecule has 1 aliphatic carbocycles. The first kappa shape index (κ1) is 18.7. The lowest BCUT2D eigenvalue weighted by Gasteiger charge is -2.39. The number of alkyl halides is 3. The van der Waals surface area contributed by atoms with Crippen molar-refractivity contribution < 1.29 is 13.2 Å². The summed E-state index contributed by atoms with van der Waals surface area (Å²) in [6.07, 6.45) is 1.45. The minimum atomic E-state index is -4.48. The summed E-state index contributed by atoms with van der Waals surface area (Å²) in [5, 5.41) is 0. The number of hydrogen-bond donors (Lipinski definition) is 0. The Bertz CT molecular complexity index is 903. The van der Waals surface area contributed by atoms with Gasteiger partial charge in [-0.05, 0) is 25.7 Å². The molecule has 2 aromatic heterocycles. The van der Waals surface area contributed by atoms with E-state index in [2.05, 4.69) is 15.0 Å². The summed E-state index contributed by atoms with van der Waals surface area (Å²) in [7, 11) is 1.65. The molecule has 0 radical (unpaired) electrons. The molecule has 2 fully saturated rings. The van der Waals surface area contributed by atoms with Crippen LogP contribution in [0.2, 0.25) is 0 Å². The third-order valence-corrected chi connectivity index (χ3v) is 5.29. The summed E-state index contributed by atoms with van der Waals surface area (Å²) >= 11 is 0. The molecule has 0 spiro atoms. The zero-order valence-electron chi connectivity index (χ0n) is 15.4. The summed E-state index contributed by atoms with van der Waals surface area (Å²) < 4.78 is 40.5. The van der Waals surface area contributed by atoms with E-state index in [0.717, 1.165) is 38.1 Å². The molecule has 0 unspecified atom stereocenters. The van der Waals surface area contributed by atoms with Crippen molar-refractivity contribution in [3.05, 3.63) is 40.8 Å². The summed E-state index contributed by atoms with van der Waals surface area (Å²) in [6, 6.07) is 2.90. The second-order valence-electron chi connectivity index (χ2n) is 7.31. The molecule has 0 atom stereocenters. The van der Waals surface area contributed by atoms with Gasteiger partial charge in [0.05, 0.1) is 6.33 Å². The van der Waals surface area contributed by atoms with Gasteiger partial charge in [-0.15, -0.1) is 0 Å². The van der Waals surface area contributed by atoms with Crippen LogP contribution in [0.25, 0.3) is 0 Å². The highest BCUT2D eigenvalue weighted by Gasteiger charge is 2.39. The van der Waals surface area contributed by atoms with E-state index in [0.29, 0.717) is 24.7 Å². The Kier molecular flexibility index (Phi) is 4.72. The summed E-state index contributed by atoms with van der Waals surface area (Å²) in [4.78, 5) is 27.7. The van der Waals surface area contributed by atoms with Gasteiger partial charge >= 0.3 is 6.18 Å². The normalized spacial score (nSPS) is 18.4. The van der Waals surface area contributed by atoms with E-state index in [1.165, 1.54) is 17.0 Å². The van der Waals surface area contributed by atoms with Crippen LogP contribution in [0.4, 0.5) is 24.8 Å². The van der Waals surface area contributed by atoms with Crippen molar-refractivity contribution in [2.75, 3.05) is 22.9 Å². The average Bonchev–Trinajstić information content (AvgIpc) is 3.49. The van der Waals surface area contributed by atoms with Gasteiger partial charge in [0.1, 0.15) is 23.7 Å². The Balaban J connectivity index is 1.50. The second-order valence-corrected chi connectivity index (χ2v) is 7.31. The summed E-state index contributed by atoms with van der Waals surface area (Å²) in [5.74, 6) is 0.982. The van der Waals surface area contributed by atoms with E-state index in [1.54, 1.807) is 7.05 Å². The molecule has 10 heteroatoms. The molecule has 0 bridgehead atoms. The maximum absolute atomic E-state index is 13.0. The lowest BCUT2D eigenvalue weighted by molar-refractivity contribution is -0.141. The summed E-state index contributed by atoms with van der Waals surface area (Å²) in [5.41, 5.74) is -1.03. The van der Waals surface area contributed by atoms with Crippen LogP contribution in [0.15, 0.2) is 29.6 Å². The smallest absolute Gasteiger partial charge is 0.356 e. The van der Waals surface area contributed by atoms with Crippen LogP contribution in [-0.2, 0) is 13.2 Å². The highest BCUT2D eigenvalue weighted by Crippen LogP contribution is 2.37. The molecule has 3 heterocycles. The Hall–Kier alpha value is -2.65. The van der Waals surface area contributed by atoms with Crippen LogP contribution < -0.4 is 15.4 Å². The van der Waals surface area contributed by atoms with Gasteiger partial charge in [0.15, 0.2) is 0 Å². The van der Waals surface area contributed by atoms with Gasteiger partial charge in [0, 0.05) is 44.4 Å². The first-order chi connectivity index (χ1) is 13.3. The topological polar surface area (TPSA) is 67.2 Å². The predicted octanol–water partition coefficient (Wildman–Crippen LogP) is 2.23. The number of rotatable bonds is 4. The Labute approximate surface area is 159 Å². The molecular weight excluding hydrogens is 373 g/mol. The minimum absolute atomic E-state index is 0.103.